The van der Waals surface area contributed by atoms with Gasteiger partial charge in [-0.3, -0.25) is 0 Å². The quantitative estimate of drug-likeness (QED) is 0.494. The van der Waals surface area contributed by atoms with Crippen molar-refractivity contribution in [1.82, 2.24) is 0 Å². The second-order valence-corrected chi connectivity index (χ2v) is 6.13. The highest BCUT2D eigenvalue weighted by molar-refractivity contribution is 4.93. The summed E-state index contributed by atoms with van der Waals surface area (Å²) in [6, 6.07) is 0. The van der Waals surface area contributed by atoms with E-state index in [4.69, 9.17) is 9.47 Å². The van der Waals surface area contributed by atoms with Crippen molar-refractivity contribution in [2.24, 2.45) is 5.41 Å². The minimum atomic E-state index is 0.315. The SMILES string of the molecule is CCCCCCCCC1(COCC)CCCC1OC. The van der Waals surface area contributed by atoms with Crippen molar-refractivity contribution < 1.29 is 9.47 Å². The van der Waals surface area contributed by atoms with E-state index in [9.17, 15) is 0 Å². The first-order valence-corrected chi connectivity index (χ1v) is 8.39. The summed E-state index contributed by atoms with van der Waals surface area (Å²) in [4.78, 5) is 0. The fourth-order valence-corrected chi connectivity index (χ4v) is 3.56. The van der Waals surface area contributed by atoms with Gasteiger partial charge in [-0.2, -0.15) is 0 Å². The highest BCUT2D eigenvalue weighted by Gasteiger charge is 2.42. The molecule has 0 aromatic carbocycles. The maximum Gasteiger partial charge on any atom is 0.0649 e. The van der Waals surface area contributed by atoms with Crippen LogP contribution in [-0.2, 0) is 9.47 Å². The molecule has 1 fully saturated rings. The van der Waals surface area contributed by atoms with Crippen molar-refractivity contribution in [3.63, 3.8) is 0 Å². The van der Waals surface area contributed by atoms with Crippen LogP contribution in [-0.4, -0.2) is 26.4 Å². The molecule has 2 heteroatoms. The van der Waals surface area contributed by atoms with Gasteiger partial charge in [0.25, 0.3) is 0 Å². The Morgan fingerprint density at radius 2 is 1.79 bits per heavy atom. The van der Waals surface area contributed by atoms with E-state index in [2.05, 4.69) is 13.8 Å². The second kappa shape index (κ2) is 9.77. The Labute approximate surface area is 120 Å². The first-order chi connectivity index (χ1) is 9.29. The lowest BCUT2D eigenvalue weighted by molar-refractivity contribution is -0.0498. The summed E-state index contributed by atoms with van der Waals surface area (Å²) < 4.78 is 11.5. The monoisotopic (exact) mass is 270 g/mol. The van der Waals surface area contributed by atoms with Gasteiger partial charge in [-0.1, -0.05) is 51.9 Å². The lowest BCUT2D eigenvalue weighted by Gasteiger charge is -2.34. The highest BCUT2D eigenvalue weighted by Crippen LogP contribution is 2.44. The Balaban J connectivity index is 2.33. The molecular formula is C17H34O2. The van der Waals surface area contributed by atoms with E-state index in [1.54, 1.807) is 0 Å². The number of rotatable bonds is 11. The van der Waals surface area contributed by atoms with Gasteiger partial charge < -0.3 is 9.47 Å². The topological polar surface area (TPSA) is 18.5 Å². The van der Waals surface area contributed by atoms with E-state index in [1.807, 2.05) is 7.11 Å². The average molecular weight is 270 g/mol. The average Bonchev–Trinajstić information content (AvgIpc) is 2.84. The molecule has 114 valence electrons. The van der Waals surface area contributed by atoms with E-state index >= 15 is 0 Å². The van der Waals surface area contributed by atoms with E-state index in [-0.39, 0.29) is 0 Å². The van der Waals surface area contributed by atoms with Gasteiger partial charge in [0.2, 0.25) is 0 Å². The number of hydrogen-bond acceptors (Lipinski definition) is 2. The molecule has 1 saturated carbocycles. The third-order valence-electron chi connectivity index (χ3n) is 4.73. The van der Waals surface area contributed by atoms with Crippen molar-refractivity contribution >= 4 is 0 Å². The molecule has 0 spiro atoms. The van der Waals surface area contributed by atoms with Crippen LogP contribution >= 0.6 is 0 Å². The molecule has 1 rings (SSSR count). The van der Waals surface area contributed by atoms with E-state index < -0.39 is 0 Å². The van der Waals surface area contributed by atoms with Crippen LogP contribution in [0.4, 0.5) is 0 Å². The summed E-state index contributed by atoms with van der Waals surface area (Å²) in [6.07, 6.45) is 13.8. The first kappa shape index (κ1) is 17.0. The summed E-state index contributed by atoms with van der Waals surface area (Å²) in [5.41, 5.74) is 0.315. The third kappa shape index (κ3) is 5.43. The lowest BCUT2D eigenvalue weighted by atomic mass is 9.79. The van der Waals surface area contributed by atoms with Crippen LogP contribution in [0.2, 0.25) is 0 Å². The van der Waals surface area contributed by atoms with Gasteiger partial charge >= 0.3 is 0 Å². The van der Waals surface area contributed by atoms with Crippen LogP contribution in [0.3, 0.4) is 0 Å². The summed E-state index contributed by atoms with van der Waals surface area (Å²) in [7, 11) is 1.87. The first-order valence-electron chi connectivity index (χ1n) is 8.39. The molecule has 0 amide bonds. The zero-order valence-electron chi connectivity index (χ0n) is 13.4. The van der Waals surface area contributed by atoms with Crippen LogP contribution in [0.5, 0.6) is 0 Å². The van der Waals surface area contributed by atoms with Gasteiger partial charge in [0.05, 0.1) is 12.7 Å². The van der Waals surface area contributed by atoms with Gasteiger partial charge in [0.15, 0.2) is 0 Å². The molecule has 0 N–H and O–H groups in total. The largest absolute Gasteiger partial charge is 0.381 e. The maximum absolute atomic E-state index is 5.77. The summed E-state index contributed by atoms with van der Waals surface area (Å²) in [5.74, 6) is 0. The Hall–Kier alpha value is -0.0800. The molecule has 19 heavy (non-hydrogen) atoms. The molecule has 2 unspecified atom stereocenters. The van der Waals surface area contributed by atoms with Crippen molar-refractivity contribution in [1.29, 1.82) is 0 Å². The van der Waals surface area contributed by atoms with E-state index in [1.165, 1.54) is 64.2 Å². The minimum absolute atomic E-state index is 0.315. The molecule has 2 nitrogen and oxygen atoms in total. The van der Waals surface area contributed by atoms with Gasteiger partial charge in [-0.25, -0.2) is 0 Å². The molecule has 0 aliphatic heterocycles. The highest BCUT2D eigenvalue weighted by atomic mass is 16.5. The Morgan fingerprint density at radius 1 is 1.05 bits per heavy atom. The van der Waals surface area contributed by atoms with Gasteiger partial charge in [0.1, 0.15) is 0 Å². The van der Waals surface area contributed by atoms with Gasteiger partial charge in [-0.05, 0) is 26.2 Å². The fraction of sp³-hybridized carbons (Fsp3) is 1.00. The Morgan fingerprint density at radius 3 is 2.47 bits per heavy atom. The van der Waals surface area contributed by atoms with Crippen LogP contribution in [0, 0.1) is 5.41 Å². The summed E-state index contributed by atoms with van der Waals surface area (Å²) in [5, 5.41) is 0. The van der Waals surface area contributed by atoms with E-state index in [0.717, 1.165) is 13.2 Å². The number of unbranched alkanes of at least 4 members (excludes halogenated alkanes) is 5. The normalized spacial score (nSPS) is 27.0. The fourth-order valence-electron chi connectivity index (χ4n) is 3.56. The molecule has 1 aliphatic rings. The van der Waals surface area contributed by atoms with Crippen LogP contribution in [0.1, 0.15) is 78.1 Å². The van der Waals surface area contributed by atoms with Crippen molar-refractivity contribution in [3.05, 3.63) is 0 Å². The van der Waals surface area contributed by atoms with Crippen molar-refractivity contribution in [3.8, 4) is 0 Å². The number of ether oxygens (including phenoxy) is 2. The summed E-state index contributed by atoms with van der Waals surface area (Å²) >= 11 is 0. The molecule has 0 saturated heterocycles. The predicted octanol–water partition coefficient (Wildman–Crippen LogP) is 4.96. The number of hydrogen-bond donors (Lipinski definition) is 0. The van der Waals surface area contributed by atoms with Gasteiger partial charge in [-0.15, -0.1) is 0 Å². The minimum Gasteiger partial charge on any atom is -0.381 e. The molecule has 0 heterocycles. The molecule has 0 bridgehead atoms. The number of methoxy groups -OCH3 is 1. The van der Waals surface area contributed by atoms with Crippen molar-refractivity contribution in [2.45, 2.75) is 84.2 Å². The molecule has 0 radical (unpaired) electrons. The molecule has 1 aliphatic carbocycles. The molecule has 2 atom stereocenters. The molecule has 0 aromatic rings. The molecular weight excluding hydrogens is 236 g/mol. The predicted molar refractivity (Wildman–Crippen MR) is 81.6 cm³/mol. The lowest BCUT2D eigenvalue weighted by Crippen LogP contribution is -2.36. The Bertz CT molecular complexity index is 217. The second-order valence-electron chi connectivity index (χ2n) is 6.13. The van der Waals surface area contributed by atoms with Crippen LogP contribution < -0.4 is 0 Å². The Kier molecular flexibility index (Phi) is 8.72. The smallest absolute Gasteiger partial charge is 0.0649 e. The van der Waals surface area contributed by atoms with Crippen LogP contribution in [0.25, 0.3) is 0 Å². The summed E-state index contributed by atoms with van der Waals surface area (Å²) in [6.45, 7) is 6.10. The molecule has 0 aromatic heterocycles. The zero-order valence-corrected chi connectivity index (χ0v) is 13.4. The maximum atomic E-state index is 5.77. The van der Waals surface area contributed by atoms with Gasteiger partial charge in [0, 0.05) is 19.1 Å². The third-order valence-corrected chi connectivity index (χ3v) is 4.73. The van der Waals surface area contributed by atoms with Crippen LogP contribution in [0.15, 0.2) is 0 Å². The zero-order chi connectivity index (χ0) is 14.0. The van der Waals surface area contributed by atoms with E-state index in [0.29, 0.717) is 11.5 Å². The standard InChI is InChI=1S/C17H34O2/c1-4-6-7-8-9-10-13-17(15-19-5-2)14-11-12-16(17)18-3/h16H,4-15H2,1-3H3. The van der Waals surface area contributed by atoms with Crippen molar-refractivity contribution in [2.75, 3.05) is 20.3 Å².